The molecule has 3 rings (SSSR count). The molecular formula is C22H25FN2O2. The van der Waals surface area contributed by atoms with Gasteiger partial charge in [-0.1, -0.05) is 25.1 Å². The second-order valence-corrected chi connectivity index (χ2v) is 7.05. The third-order valence-corrected chi connectivity index (χ3v) is 5.16. The van der Waals surface area contributed by atoms with E-state index < -0.39 is 0 Å². The van der Waals surface area contributed by atoms with Crippen LogP contribution in [0.4, 0.5) is 10.1 Å². The number of halogens is 1. The summed E-state index contributed by atoms with van der Waals surface area (Å²) >= 11 is 0. The molecule has 0 spiro atoms. The lowest BCUT2D eigenvalue weighted by atomic mass is 9.95. The first-order valence-corrected chi connectivity index (χ1v) is 9.43. The Hall–Kier alpha value is -2.69. The van der Waals surface area contributed by atoms with E-state index in [2.05, 4.69) is 12.2 Å². The van der Waals surface area contributed by atoms with E-state index in [0.29, 0.717) is 18.7 Å². The highest BCUT2D eigenvalue weighted by molar-refractivity contribution is 5.97. The molecule has 142 valence electrons. The van der Waals surface area contributed by atoms with Crippen molar-refractivity contribution in [3.63, 3.8) is 0 Å². The van der Waals surface area contributed by atoms with Crippen molar-refractivity contribution in [2.75, 3.05) is 18.4 Å². The fourth-order valence-corrected chi connectivity index (χ4v) is 3.58. The zero-order valence-corrected chi connectivity index (χ0v) is 15.8. The Bertz CT molecular complexity index is 833. The highest BCUT2D eigenvalue weighted by atomic mass is 19.1. The lowest BCUT2D eigenvalue weighted by molar-refractivity contribution is -0.121. The van der Waals surface area contributed by atoms with Crippen LogP contribution in [-0.2, 0) is 11.2 Å². The Labute approximate surface area is 159 Å². The van der Waals surface area contributed by atoms with Crippen molar-refractivity contribution < 1.29 is 14.0 Å². The van der Waals surface area contributed by atoms with Crippen molar-refractivity contribution in [2.45, 2.75) is 33.1 Å². The first-order valence-electron chi connectivity index (χ1n) is 9.43. The van der Waals surface area contributed by atoms with Crippen LogP contribution in [0.25, 0.3) is 0 Å². The van der Waals surface area contributed by atoms with Gasteiger partial charge < -0.3 is 10.2 Å². The second kappa shape index (κ2) is 8.33. The number of nitrogens with zero attached hydrogens (tertiary/aromatic N) is 1. The molecule has 0 unspecified atom stereocenters. The number of hydrogen-bond donors (Lipinski definition) is 1. The lowest BCUT2D eigenvalue weighted by Gasteiger charge is -2.32. The smallest absolute Gasteiger partial charge is 0.253 e. The number of aryl methyl sites for hydroxylation is 2. The number of carbonyl (C=O) groups excluding carboxylic acids is 2. The Morgan fingerprint density at radius 1 is 1.19 bits per heavy atom. The summed E-state index contributed by atoms with van der Waals surface area (Å²) in [7, 11) is 0. The van der Waals surface area contributed by atoms with Gasteiger partial charge in [-0.3, -0.25) is 9.59 Å². The number of rotatable bonds is 4. The molecule has 2 aromatic rings. The van der Waals surface area contributed by atoms with Gasteiger partial charge >= 0.3 is 0 Å². The third kappa shape index (κ3) is 4.35. The number of para-hydroxylation sites is 1. The third-order valence-electron chi connectivity index (χ3n) is 5.16. The van der Waals surface area contributed by atoms with Crippen molar-refractivity contribution in [3.05, 3.63) is 65.0 Å². The Kier molecular flexibility index (Phi) is 5.89. The minimum Gasteiger partial charge on any atom is -0.338 e. The van der Waals surface area contributed by atoms with E-state index in [4.69, 9.17) is 0 Å². The summed E-state index contributed by atoms with van der Waals surface area (Å²) < 4.78 is 13.1. The first-order chi connectivity index (χ1) is 13.0. The van der Waals surface area contributed by atoms with Gasteiger partial charge in [0.1, 0.15) is 5.82 Å². The van der Waals surface area contributed by atoms with Crippen molar-refractivity contribution in [2.24, 2.45) is 5.92 Å². The van der Waals surface area contributed by atoms with Gasteiger partial charge in [0.05, 0.1) is 5.92 Å². The molecule has 1 fully saturated rings. The number of benzene rings is 2. The van der Waals surface area contributed by atoms with E-state index in [1.807, 2.05) is 25.1 Å². The van der Waals surface area contributed by atoms with Crippen molar-refractivity contribution >= 4 is 17.5 Å². The Balaban J connectivity index is 1.70. The number of carbonyl (C=O) groups is 2. The van der Waals surface area contributed by atoms with Gasteiger partial charge in [-0.2, -0.15) is 0 Å². The Morgan fingerprint density at radius 3 is 2.63 bits per heavy atom. The molecule has 27 heavy (non-hydrogen) atoms. The van der Waals surface area contributed by atoms with E-state index in [9.17, 15) is 14.0 Å². The quantitative estimate of drug-likeness (QED) is 0.880. The summed E-state index contributed by atoms with van der Waals surface area (Å²) in [5.41, 5.74) is 3.48. The van der Waals surface area contributed by atoms with Gasteiger partial charge in [0.15, 0.2) is 0 Å². The fraction of sp³-hybridized carbons (Fsp3) is 0.364. The Morgan fingerprint density at radius 2 is 1.93 bits per heavy atom. The molecule has 4 nitrogen and oxygen atoms in total. The molecule has 0 aromatic heterocycles. The molecule has 0 aliphatic carbocycles. The van der Waals surface area contributed by atoms with E-state index in [-0.39, 0.29) is 23.5 Å². The molecule has 0 saturated carbocycles. The molecule has 1 aliphatic heterocycles. The van der Waals surface area contributed by atoms with Gasteiger partial charge in [0.2, 0.25) is 5.91 Å². The van der Waals surface area contributed by atoms with Crippen LogP contribution in [0.3, 0.4) is 0 Å². The average molecular weight is 368 g/mol. The molecular weight excluding hydrogens is 343 g/mol. The number of amides is 2. The second-order valence-electron chi connectivity index (χ2n) is 7.05. The summed E-state index contributed by atoms with van der Waals surface area (Å²) in [6.07, 6.45) is 2.38. The summed E-state index contributed by atoms with van der Waals surface area (Å²) in [5.74, 6) is -0.812. The summed E-state index contributed by atoms with van der Waals surface area (Å²) in [6.45, 7) is 5.05. The number of piperidine rings is 1. The molecule has 0 radical (unpaired) electrons. The lowest BCUT2D eigenvalue weighted by Crippen LogP contribution is -2.43. The van der Waals surface area contributed by atoms with Gasteiger partial charge in [-0.25, -0.2) is 4.39 Å². The highest BCUT2D eigenvalue weighted by Crippen LogP contribution is 2.25. The zero-order valence-electron chi connectivity index (χ0n) is 15.8. The number of anilines is 1. The number of nitrogens with one attached hydrogen (secondary N) is 1. The van der Waals surface area contributed by atoms with Crippen LogP contribution in [-0.4, -0.2) is 29.8 Å². The molecule has 1 aliphatic rings. The van der Waals surface area contributed by atoms with Crippen molar-refractivity contribution in [3.8, 4) is 0 Å². The van der Waals surface area contributed by atoms with Crippen LogP contribution in [0.2, 0.25) is 0 Å². The first kappa shape index (κ1) is 19.1. The maximum absolute atomic E-state index is 13.1. The van der Waals surface area contributed by atoms with Crippen LogP contribution in [0.1, 0.15) is 41.3 Å². The molecule has 1 N–H and O–H groups in total. The standard InChI is InChI=1S/C22H25FN2O2/c1-3-16-7-4-6-15(2)20(16)24-21(26)18-8-5-13-25(14-18)22(27)17-9-11-19(23)12-10-17/h4,6-7,9-12,18H,3,5,8,13-14H2,1-2H3,(H,24,26)/t18-/m0/s1. The minimum atomic E-state index is -0.368. The summed E-state index contributed by atoms with van der Waals surface area (Å²) in [4.78, 5) is 27.2. The topological polar surface area (TPSA) is 49.4 Å². The molecule has 5 heteroatoms. The summed E-state index contributed by atoms with van der Waals surface area (Å²) in [5, 5.41) is 3.08. The van der Waals surface area contributed by atoms with Crippen LogP contribution in [0.15, 0.2) is 42.5 Å². The van der Waals surface area contributed by atoms with E-state index in [1.165, 1.54) is 24.3 Å². The van der Waals surface area contributed by atoms with Crippen LogP contribution >= 0.6 is 0 Å². The summed E-state index contributed by atoms with van der Waals surface area (Å²) in [6, 6.07) is 11.5. The molecule has 0 bridgehead atoms. The van der Waals surface area contributed by atoms with Crippen molar-refractivity contribution in [1.82, 2.24) is 4.90 Å². The van der Waals surface area contributed by atoms with E-state index >= 15 is 0 Å². The van der Waals surface area contributed by atoms with Gasteiger partial charge in [-0.15, -0.1) is 0 Å². The maximum atomic E-state index is 13.1. The monoisotopic (exact) mass is 368 g/mol. The van der Waals surface area contributed by atoms with Crippen LogP contribution < -0.4 is 5.32 Å². The van der Waals surface area contributed by atoms with Crippen molar-refractivity contribution in [1.29, 1.82) is 0 Å². The van der Waals surface area contributed by atoms with Crippen LogP contribution in [0.5, 0.6) is 0 Å². The fourth-order valence-electron chi connectivity index (χ4n) is 3.58. The van der Waals surface area contributed by atoms with Gasteiger partial charge in [0, 0.05) is 24.3 Å². The minimum absolute atomic E-state index is 0.0457. The van der Waals surface area contributed by atoms with Gasteiger partial charge in [0.25, 0.3) is 5.91 Å². The van der Waals surface area contributed by atoms with E-state index in [0.717, 1.165) is 36.1 Å². The molecule has 1 atom stereocenters. The molecule has 1 heterocycles. The predicted octanol–water partition coefficient (Wildman–Crippen LogP) is 4.19. The number of likely N-dealkylation sites (tertiary alicyclic amines) is 1. The average Bonchev–Trinajstić information content (AvgIpc) is 2.69. The molecule has 1 saturated heterocycles. The SMILES string of the molecule is CCc1cccc(C)c1NC(=O)[C@H]1CCCN(C(=O)c2ccc(F)cc2)C1. The molecule has 2 amide bonds. The molecule has 2 aromatic carbocycles. The predicted molar refractivity (Wildman–Crippen MR) is 104 cm³/mol. The van der Waals surface area contributed by atoms with Crippen LogP contribution in [0, 0.1) is 18.7 Å². The largest absolute Gasteiger partial charge is 0.338 e. The maximum Gasteiger partial charge on any atom is 0.253 e. The normalized spacial score (nSPS) is 16.9. The van der Waals surface area contributed by atoms with Gasteiger partial charge in [-0.05, 0) is 61.6 Å². The number of hydrogen-bond acceptors (Lipinski definition) is 2. The highest BCUT2D eigenvalue weighted by Gasteiger charge is 2.29. The van der Waals surface area contributed by atoms with E-state index in [1.54, 1.807) is 4.90 Å². The zero-order chi connectivity index (χ0) is 19.4.